The van der Waals surface area contributed by atoms with Crippen LogP contribution in [0.15, 0.2) is 0 Å². The van der Waals surface area contributed by atoms with Crippen LogP contribution >= 0.6 is 0 Å². The molecule has 108 valence electrons. The second kappa shape index (κ2) is 6.86. The van der Waals surface area contributed by atoms with Gasteiger partial charge in [0.1, 0.15) is 0 Å². The molecule has 2 heterocycles. The highest BCUT2D eigenvalue weighted by atomic mass is 16.2. The van der Waals surface area contributed by atoms with Gasteiger partial charge in [-0.05, 0) is 19.3 Å². The predicted octanol–water partition coefficient (Wildman–Crippen LogP) is -0.898. The number of nitrogens with zero attached hydrogens (tertiary/aromatic N) is 3. The van der Waals surface area contributed by atoms with Crippen LogP contribution in [0, 0.1) is 0 Å². The number of carbonyl (C=O) groups excluding carboxylic acids is 2. The molecule has 0 aliphatic carbocycles. The second-order valence-corrected chi connectivity index (χ2v) is 5.30. The molecule has 2 N–H and O–H groups in total. The molecule has 0 atom stereocenters. The second-order valence-electron chi connectivity index (χ2n) is 5.30. The van der Waals surface area contributed by atoms with Crippen molar-refractivity contribution in [1.82, 2.24) is 14.7 Å². The van der Waals surface area contributed by atoms with Gasteiger partial charge in [-0.25, -0.2) is 0 Å². The van der Waals surface area contributed by atoms with Gasteiger partial charge in [0.15, 0.2) is 0 Å². The molecule has 0 aromatic rings. The lowest BCUT2D eigenvalue weighted by Gasteiger charge is -2.35. The number of carbonyl (C=O) groups is 2. The molecule has 2 aliphatic heterocycles. The summed E-state index contributed by atoms with van der Waals surface area (Å²) in [6.45, 7) is 5.29. The highest BCUT2D eigenvalue weighted by molar-refractivity contribution is 5.79. The van der Waals surface area contributed by atoms with Crippen LogP contribution in [0.3, 0.4) is 0 Å². The molecule has 0 spiro atoms. The molecule has 19 heavy (non-hydrogen) atoms. The van der Waals surface area contributed by atoms with E-state index in [1.165, 1.54) is 6.42 Å². The number of amides is 2. The Bertz CT molecular complexity index is 321. The predicted molar refractivity (Wildman–Crippen MR) is 72.5 cm³/mol. The number of hydrogen-bond acceptors (Lipinski definition) is 4. The van der Waals surface area contributed by atoms with E-state index in [-0.39, 0.29) is 18.4 Å². The van der Waals surface area contributed by atoms with Crippen molar-refractivity contribution in [3.63, 3.8) is 0 Å². The fourth-order valence-electron chi connectivity index (χ4n) is 2.72. The fraction of sp³-hybridized carbons (Fsp3) is 0.846. The van der Waals surface area contributed by atoms with Gasteiger partial charge in [-0.3, -0.25) is 14.5 Å². The maximum atomic E-state index is 12.1. The molecule has 0 unspecified atom stereocenters. The maximum Gasteiger partial charge on any atom is 0.236 e. The summed E-state index contributed by atoms with van der Waals surface area (Å²) in [6, 6.07) is 0. The van der Waals surface area contributed by atoms with Crippen molar-refractivity contribution in [3.8, 4) is 0 Å². The van der Waals surface area contributed by atoms with E-state index in [0.29, 0.717) is 19.6 Å². The first-order chi connectivity index (χ1) is 9.20. The average molecular weight is 268 g/mol. The number of likely N-dealkylation sites (tertiary alicyclic amines) is 1. The summed E-state index contributed by atoms with van der Waals surface area (Å²) in [7, 11) is 0. The van der Waals surface area contributed by atoms with Crippen LogP contribution in [0.4, 0.5) is 0 Å². The van der Waals surface area contributed by atoms with Crippen molar-refractivity contribution in [1.29, 1.82) is 0 Å². The summed E-state index contributed by atoms with van der Waals surface area (Å²) in [5.74, 6) is 0.236. The zero-order chi connectivity index (χ0) is 13.7. The Hall–Kier alpha value is -1.14. The van der Waals surface area contributed by atoms with Crippen molar-refractivity contribution < 1.29 is 9.59 Å². The molecule has 2 aliphatic rings. The number of piperidine rings is 1. The Morgan fingerprint density at radius 3 is 1.95 bits per heavy atom. The van der Waals surface area contributed by atoms with Crippen molar-refractivity contribution >= 4 is 11.8 Å². The van der Waals surface area contributed by atoms with Gasteiger partial charge in [-0.1, -0.05) is 0 Å². The van der Waals surface area contributed by atoms with Gasteiger partial charge in [-0.2, -0.15) is 0 Å². The third kappa shape index (κ3) is 3.91. The van der Waals surface area contributed by atoms with Crippen molar-refractivity contribution in [2.24, 2.45) is 5.73 Å². The molecule has 0 bridgehead atoms. The minimum Gasteiger partial charge on any atom is -0.342 e. The first kappa shape index (κ1) is 14.3. The van der Waals surface area contributed by atoms with Crippen molar-refractivity contribution in [3.05, 3.63) is 0 Å². The molecule has 0 aromatic heterocycles. The first-order valence-electron chi connectivity index (χ1n) is 7.18. The third-order valence-electron chi connectivity index (χ3n) is 3.97. The van der Waals surface area contributed by atoms with Crippen LogP contribution in [0.1, 0.15) is 19.3 Å². The number of hydrogen-bond donors (Lipinski definition) is 1. The third-order valence-corrected chi connectivity index (χ3v) is 3.97. The zero-order valence-corrected chi connectivity index (χ0v) is 11.5. The Kier molecular flexibility index (Phi) is 5.15. The van der Waals surface area contributed by atoms with Crippen LogP contribution in [-0.4, -0.2) is 78.9 Å². The molecule has 0 aromatic carbocycles. The summed E-state index contributed by atoms with van der Waals surface area (Å²) >= 11 is 0. The topological polar surface area (TPSA) is 69.9 Å². The van der Waals surface area contributed by atoms with Gasteiger partial charge in [0.05, 0.1) is 13.1 Å². The SMILES string of the molecule is NCC(=O)N1CCN(CC(=O)N2CCCCC2)CC1. The minimum atomic E-state index is 0.00186. The minimum absolute atomic E-state index is 0.00186. The Morgan fingerprint density at radius 2 is 1.37 bits per heavy atom. The number of nitrogens with two attached hydrogens (primary N) is 1. The molecule has 0 saturated carbocycles. The molecule has 2 rings (SSSR count). The first-order valence-corrected chi connectivity index (χ1v) is 7.18. The molecule has 2 fully saturated rings. The number of rotatable bonds is 3. The maximum absolute atomic E-state index is 12.1. The highest BCUT2D eigenvalue weighted by Gasteiger charge is 2.24. The number of piperazine rings is 1. The molecule has 6 heteroatoms. The van der Waals surface area contributed by atoms with Gasteiger partial charge in [0, 0.05) is 39.3 Å². The van der Waals surface area contributed by atoms with E-state index in [1.54, 1.807) is 4.90 Å². The van der Waals surface area contributed by atoms with Crippen LogP contribution in [0.25, 0.3) is 0 Å². The summed E-state index contributed by atoms with van der Waals surface area (Å²) in [5, 5.41) is 0. The quantitative estimate of drug-likeness (QED) is 0.720. The zero-order valence-electron chi connectivity index (χ0n) is 11.5. The molecule has 0 radical (unpaired) electrons. The monoisotopic (exact) mass is 268 g/mol. The van der Waals surface area contributed by atoms with E-state index in [4.69, 9.17) is 5.73 Å². The van der Waals surface area contributed by atoms with Gasteiger partial charge < -0.3 is 15.5 Å². The van der Waals surface area contributed by atoms with Crippen molar-refractivity contribution in [2.75, 3.05) is 52.4 Å². The summed E-state index contributed by atoms with van der Waals surface area (Å²) in [4.78, 5) is 29.5. The molecule has 2 amide bonds. The van der Waals surface area contributed by atoms with E-state index in [1.807, 2.05) is 4.90 Å². The summed E-state index contributed by atoms with van der Waals surface area (Å²) in [6.07, 6.45) is 3.50. The normalized spacial score (nSPS) is 21.5. The van der Waals surface area contributed by atoms with E-state index < -0.39 is 0 Å². The molecule has 2 saturated heterocycles. The summed E-state index contributed by atoms with van der Waals surface area (Å²) in [5.41, 5.74) is 5.35. The van der Waals surface area contributed by atoms with E-state index >= 15 is 0 Å². The van der Waals surface area contributed by atoms with Crippen molar-refractivity contribution in [2.45, 2.75) is 19.3 Å². The van der Waals surface area contributed by atoms with Gasteiger partial charge in [-0.15, -0.1) is 0 Å². The molecular weight excluding hydrogens is 244 g/mol. The fourth-order valence-corrected chi connectivity index (χ4v) is 2.72. The van der Waals surface area contributed by atoms with Gasteiger partial charge in [0.25, 0.3) is 0 Å². The van der Waals surface area contributed by atoms with Crippen LogP contribution in [-0.2, 0) is 9.59 Å². The largest absolute Gasteiger partial charge is 0.342 e. The van der Waals surface area contributed by atoms with Crippen LogP contribution in [0.2, 0.25) is 0 Å². The Morgan fingerprint density at radius 1 is 0.789 bits per heavy atom. The molecular formula is C13H24N4O2. The standard InChI is InChI=1S/C13H24N4O2/c14-10-12(18)17-8-6-15(7-9-17)11-13(19)16-4-2-1-3-5-16/h1-11,14H2. The molecule has 6 nitrogen and oxygen atoms in total. The van der Waals surface area contributed by atoms with E-state index in [0.717, 1.165) is 39.0 Å². The van der Waals surface area contributed by atoms with Crippen LogP contribution < -0.4 is 5.73 Å². The van der Waals surface area contributed by atoms with E-state index in [9.17, 15) is 9.59 Å². The Balaban J connectivity index is 1.72. The van der Waals surface area contributed by atoms with E-state index in [2.05, 4.69) is 4.90 Å². The average Bonchev–Trinajstić information content (AvgIpc) is 2.48. The lowest BCUT2D eigenvalue weighted by molar-refractivity contribution is -0.135. The lowest BCUT2D eigenvalue weighted by atomic mass is 10.1. The van der Waals surface area contributed by atoms with Gasteiger partial charge >= 0.3 is 0 Å². The van der Waals surface area contributed by atoms with Gasteiger partial charge in [0.2, 0.25) is 11.8 Å². The lowest BCUT2D eigenvalue weighted by Crippen LogP contribution is -2.53. The smallest absolute Gasteiger partial charge is 0.236 e. The summed E-state index contributed by atoms with van der Waals surface area (Å²) < 4.78 is 0. The highest BCUT2D eigenvalue weighted by Crippen LogP contribution is 2.10. The van der Waals surface area contributed by atoms with Crippen LogP contribution in [0.5, 0.6) is 0 Å². The Labute approximate surface area is 114 Å².